The molecule has 68 valence electrons. The van der Waals surface area contributed by atoms with Crippen molar-refractivity contribution >= 4 is 17.7 Å². The van der Waals surface area contributed by atoms with Gasteiger partial charge in [-0.3, -0.25) is 0 Å². The van der Waals surface area contributed by atoms with Crippen molar-refractivity contribution < 1.29 is 24.6 Å². The smallest absolute Gasteiger partial charge is 0.126 e. The van der Waals surface area contributed by atoms with Gasteiger partial charge in [0.25, 0.3) is 0 Å². The lowest BCUT2D eigenvalue weighted by Crippen LogP contribution is -2.23. The highest BCUT2D eigenvalue weighted by Gasteiger charge is 1.71. The van der Waals surface area contributed by atoms with Crippen molar-refractivity contribution in [2.24, 2.45) is 0 Å². The normalized spacial score (nSPS) is 8.50. The summed E-state index contributed by atoms with van der Waals surface area (Å²) in [5.41, 5.74) is 0. The molecule has 0 saturated heterocycles. The zero-order valence-corrected chi connectivity index (χ0v) is 6.70. The van der Waals surface area contributed by atoms with E-state index in [4.69, 9.17) is 0 Å². The topological polar surface area (TPSA) is 97.3 Å². The number of aliphatic carboxylic acids is 2. The Bertz CT molecular complexity index is 184. The van der Waals surface area contributed by atoms with Crippen LogP contribution in [0.1, 0.15) is 13.8 Å². The average Bonchev–Trinajstić information content (AvgIpc) is 1.82. The molecule has 0 spiro atoms. The Morgan fingerprint density at radius 2 is 1.08 bits per heavy atom. The Labute approximate surface area is 69.3 Å². The van der Waals surface area contributed by atoms with Crippen molar-refractivity contribution in [1.82, 2.24) is 0 Å². The number of carbonyl (C=O) groups excluding carboxylic acids is 3. The summed E-state index contributed by atoms with van der Waals surface area (Å²) in [5.74, 6) is -2.93. The van der Waals surface area contributed by atoms with E-state index in [1.165, 1.54) is 13.8 Å². The Morgan fingerprint density at radius 3 is 1.17 bits per heavy atom. The molecule has 12 heavy (non-hydrogen) atoms. The first-order valence-corrected chi connectivity index (χ1v) is 2.93. The van der Waals surface area contributed by atoms with Crippen LogP contribution >= 0.6 is 0 Å². The molecule has 5 nitrogen and oxygen atoms in total. The van der Waals surface area contributed by atoms with Crippen molar-refractivity contribution in [3.8, 4) is 0 Å². The fraction of sp³-hybridized carbons (Fsp3) is 0.286. The predicted octanol–water partition coefficient (Wildman–Crippen LogP) is -2.36. The number of carbonyl (C=O) groups is 3. The molecule has 0 aliphatic heterocycles. The Hall–Kier alpha value is -1.65. The molecule has 0 atom stereocenters. The largest absolute Gasteiger partial charge is 0.545 e. The zero-order valence-electron chi connectivity index (χ0n) is 6.70. The second-order valence-electron chi connectivity index (χ2n) is 1.88. The van der Waals surface area contributed by atoms with Crippen LogP contribution in [0.5, 0.6) is 0 Å². The van der Waals surface area contributed by atoms with E-state index in [2.05, 4.69) is 0 Å². The highest BCUT2D eigenvalue weighted by atomic mass is 16.4. The highest BCUT2D eigenvalue weighted by molar-refractivity contribution is 5.87. The van der Waals surface area contributed by atoms with Crippen molar-refractivity contribution in [3.63, 3.8) is 0 Å². The van der Waals surface area contributed by atoms with Gasteiger partial charge in [-0.15, -0.1) is 0 Å². The summed E-state index contributed by atoms with van der Waals surface area (Å²) in [5, 5.41) is 18.8. The fourth-order valence-corrected chi connectivity index (χ4v) is 0.136. The lowest BCUT2D eigenvalue weighted by molar-refractivity contribution is -0.301. The molecule has 0 aromatic heterocycles. The average molecular weight is 172 g/mol. The fourth-order valence-electron chi connectivity index (χ4n) is 0.136. The molecule has 0 saturated carbocycles. The van der Waals surface area contributed by atoms with Gasteiger partial charge in [0.2, 0.25) is 0 Å². The van der Waals surface area contributed by atoms with Crippen LogP contribution in [0.3, 0.4) is 0 Å². The van der Waals surface area contributed by atoms with Gasteiger partial charge >= 0.3 is 0 Å². The van der Waals surface area contributed by atoms with Gasteiger partial charge in [0.15, 0.2) is 0 Å². The van der Waals surface area contributed by atoms with Crippen LogP contribution in [-0.4, -0.2) is 17.7 Å². The molecular formula is C7H8O5-2. The highest BCUT2D eigenvalue weighted by Crippen LogP contribution is 1.64. The molecule has 0 aliphatic rings. The molecule has 0 aromatic rings. The van der Waals surface area contributed by atoms with Crippen molar-refractivity contribution in [3.05, 3.63) is 12.2 Å². The maximum absolute atomic E-state index is 9.44. The van der Waals surface area contributed by atoms with Gasteiger partial charge in [0.05, 0.1) is 11.9 Å². The zero-order chi connectivity index (χ0) is 10.1. The number of carboxylic acids is 2. The van der Waals surface area contributed by atoms with E-state index in [-0.39, 0.29) is 5.78 Å². The minimum Gasteiger partial charge on any atom is -0.545 e. The Kier molecular flexibility index (Phi) is 8.06. The van der Waals surface area contributed by atoms with Gasteiger partial charge in [0.1, 0.15) is 5.78 Å². The SMILES string of the molecule is CC(C)=O.O=C([O-])/C=C/C(=O)[O-]. The van der Waals surface area contributed by atoms with E-state index in [1.807, 2.05) is 0 Å². The second-order valence-corrected chi connectivity index (χ2v) is 1.88. The summed E-state index contributed by atoms with van der Waals surface area (Å²) in [7, 11) is 0. The lowest BCUT2D eigenvalue weighted by Gasteiger charge is -1.90. The van der Waals surface area contributed by atoms with Crippen LogP contribution in [0.2, 0.25) is 0 Å². The van der Waals surface area contributed by atoms with E-state index in [9.17, 15) is 24.6 Å². The van der Waals surface area contributed by atoms with Crippen molar-refractivity contribution in [2.45, 2.75) is 13.8 Å². The first-order chi connectivity index (χ1) is 5.36. The molecule has 0 bridgehead atoms. The molecule has 0 heterocycles. The summed E-state index contributed by atoms with van der Waals surface area (Å²) >= 11 is 0. The molecule has 5 heteroatoms. The molecule has 0 aliphatic carbocycles. The minimum absolute atomic E-state index is 0.167. The third-order valence-corrected chi connectivity index (χ3v) is 0.355. The monoisotopic (exact) mass is 172 g/mol. The maximum Gasteiger partial charge on any atom is 0.126 e. The van der Waals surface area contributed by atoms with Gasteiger partial charge in [-0.25, -0.2) is 0 Å². The summed E-state index contributed by atoms with van der Waals surface area (Å²) in [6.07, 6.45) is 0.769. The van der Waals surface area contributed by atoms with Gasteiger partial charge in [-0.2, -0.15) is 0 Å². The molecule has 0 aromatic carbocycles. The number of ketones is 1. The second kappa shape index (κ2) is 7.46. The van der Waals surface area contributed by atoms with E-state index >= 15 is 0 Å². The third-order valence-electron chi connectivity index (χ3n) is 0.355. The molecule has 0 fully saturated rings. The predicted molar refractivity (Wildman–Crippen MR) is 35.5 cm³/mol. The standard InChI is InChI=1S/C4H4O4.C3H6O/c5-3(6)1-2-4(7)8;1-3(2)4/h1-2H,(H,5,6)(H,7,8);1-2H3/p-2/b2-1+;. The molecule has 0 amide bonds. The van der Waals surface area contributed by atoms with Crippen molar-refractivity contribution in [1.29, 1.82) is 0 Å². The van der Waals surface area contributed by atoms with Gasteiger partial charge in [-0.05, 0) is 26.0 Å². The quantitative estimate of drug-likeness (QED) is 0.434. The molecule has 0 N–H and O–H groups in total. The number of hydrogen-bond donors (Lipinski definition) is 0. The maximum atomic E-state index is 9.44. The van der Waals surface area contributed by atoms with Gasteiger partial charge in [0, 0.05) is 0 Å². The molecule has 0 unspecified atom stereocenters. The van der Waals surface area contributed by atoms with E-state index < -0.39 is 11.9 Å². The van der Waals surface area contributed by atoms with Gasteiger partial charge < -0.3 is 24.6 Å². The van der Waals surface area contributed by atoms with Crippen molar-refractivity contribution in [2.75, 3.05) is 0 Å². The Balaban J connectivity index is 0. The van der Waals surface area contributed by atoms with Crippen LogP contribution < -0.4 is 10.2 Å². The molecule has 0 rings (SSSR count). The third kappa shape index (κ3) is 40.2. The first kappa shape index (κ1) is 13.0. The van der Waals surface area contributed by atoms with E-state index in [0.717, 1.165) is 0 Å². The lowest BCUT2D eigenvalue weighted by atomic mass is 10.5. The number of Topliss-reactive ketones (excluding diaryl/α,β-unsaturated/α-hetero) is 1. The molecular weight excluding hydrogens is 164 g/mol. The van der Waals surface area contributed by atoms with Gasteiger partial charge in [-0.1, -0.05) is 0 Å². The summed E-state index contributed by atoms with van der Waals surface area (Å²) < 4.78 is 0. The Morgan fingerprint density at radius 1 is 0.917 bits per heavy atom. The number of hydrogen-bond acceptors (Lipinski definition) is 5. The summed E-state index contributed by atoms with van der Waals surface area (Å²) in [6.45, 7) is 3.06. The van der Waals surface area contributed by atoms with Crippen LogP contribution in [0.25, 0.3) is 0 Å². The summed E-state index contributed by atoms with van der Waals surface area (Å²) in [6, 6.07) is 0. The van der Waals surface area contributed by atoms with Crippen LogP contribution in [0.4, 0.5) is 0 Å². The number of rotatable bonds is 2. The van der Waals surface area contributed by atoms with Crippen LogP contribution in [0.15, 0.2) is 12.2 Å². The van der Waals surface area contributed by atoms with E-state index in [1.54, 1.807) is 0 Å². The van der Waals surface area contributed by atoms with Crippen LogP contribution in [0, 0.1) is 0 Å². The molecule has 0 radical (unpaired) electrons. The minimum atomic E-state index is -1.55. The van der Waals surface area contributed by atoms with E-state index in [0.29, 0.717) is 12.2 Å². The summed E-state index contributed by atoms with van der Waals surface area (Å²) in [4.78, 5) is 28.3. The first-order valence-electron chi connectivity index (χ1n) is 2.93. The van der Waals surface area contributed by atoms with Crippen LogP contribution in [-0.2, 0) is 14.4 Å². The number of carboxylic acid groups (broad SMARTS) is 2.